The van der Waals surface area contributed by atoms with Gasteiger partial charge < -0.3 is 10.2 Å². The maximum absolute atomic E-state index is 12.2. The van der Waals surface area contributed by atoms with Crippen LogP contribution < -0.4 is 5.32 Å². The van der Waals surface area contributed by atoms with Gasteiger partial charge in [-0.25, -0.2) is 0 Å². The lowest BCUT2D eigenvalue weighted by Gasteiger charge is -2.29. The Labute approximate surface area is 170 Å². The highest BCUT2D eigenvalue weighted by atomic mass is 16.2. The van der Waals surface area contributed by atoms with Crippen LogP contribution in [0.15, 0.2) is 42.6 Å². The summed E-state index contributed by atoms with van der Waals surface area (Å²) in [5, 5.41) is 12.0. The second kappa shape index (κ2) is 7.56. The Hall–Kier alpha value is -3.39. The summed E-state index contributed by atoms with van der Waals surface area (Å²) in [4.78, 5) is 25.8. The SMILES string of the molecule is CC1CC(c2ccc3c(c2Cc2ccc(C#N)cc2)CCC(=O)N3)=CN(C)C1=O. The van der Waals surface area contributed by atoms with Crippen molar-refractivity contribution in [2.45, 2.75) is 32.6 Å². The number of hydrogen-bond acceptors (Lipinski definition) is 3. The molecule has 2 aliphatic rings. The van der Waals surface area contributed by atoms with E-state index in [1.165, 1.54) is 11.1 Å². The summed E-state index contributed by atoms with van der Waals surface area (Å²) in [6.07, 6.45) is 4.54. The van der Waals surface area contributed by atoms with Gasteiger partial charge in [-0.2, -0.15) is 5.26 Å². The number of amides is 2. The molecule has 0 aliphatic carbocycles. The van der Waals surface area contributed by atoms with Gasteiger partial charge in [0.1, 0.15) is 0 Å². The van der Waals surface area contributed by atoms with E-state index >= 15 is 0 Å². The van der Waals surface area contributed by atoms with Crippen molar-refractivity contribution in [3.8, 4) is 6.07 Å². The first kappa shape index (κ1) is 18.9. The maximum atomic E-state index is 12.2. The van der Waals surface area contributed by atoms with Gasteiger partial charge in [0.2, 0.25) is 11.8 Å². The molecule has 1 N–H and O–H groups in total. The predicted molar refractivity (Wildman–Crippen MR) is 112 cm³/mol. The molecule has 146 valence electrons. The minimum Gasteiger partial charge on any atom is -0.326 e. The third-order valence-electron chi connectivity index (χ3n) is 5.76. The molecule has 2 amide bonds. The summed E-state index contributed by atoms with van der Waals surface area (Å²) in [7, 11) is 1.80. The number of nitriles is 1. The molecule has 5 heteroatoms. The summed E-state index contributed by atoms with van der Waals surface area (Å²) in [6.45, 7) is 1.96. The summed E-state index contributed by atoms with van der Waals surface area (Å²) in [5.41, 5.74) is 7.26. The van der Waals surface area contributed by atoms with Gasteiger partial charge in [-0.3, -0.25) is 9.59 Å². The third-order valence-corrected chi connectivity index (χ3v) is 5.76. The standard InChI is InChI=1S/C24H23N3O2/c1-15-11-18(14-27(2)24(15)29)19-7-9-22-20(8-10-23(28)26-22)21(19)12-16-3-5-17(13-25)6-4-16/h3-7,9,14-15H,8,10-12H2,1-2H3,(H,26,28). The van der Waals surface area contributed by atoms with Crippen LogP contribution in [-0.4, -0.2) is 23.8 Å². The minimum absolute atomic E-state index is 0.0467. The average molecular weight is 385 g/mol. The van der Waals surface area contributed by atoms with Crippen LogP contribution in [0.4, 0.5) is 5.69 Å². The fourth-order valence-corrected chi connectivity index (χ4v) is 4.25. The number of allylic oxidation sites excluding steroid dienone is 1. The highest BCUT2D eigenvalue weighted by molar-refractivity contribution is 5.95. The molecule has 1 atom stereocenters. The van der Waals surface area contributed by atoms with Crippen LogP contribution in [-0.2, 0) is 22.4 Å². The number of benzene rings is 2. The summed E-state index contributed by atoms with van der Waals surface area (Å²) in [5.74, 6) is 0.122. The number of anilines is 1. The smallest absolute Gasteiger partial charge is 0.229 e. The van der Waals surface area contributed by atoms with E-state index in [1.807, 2.05) is 43.5 Å². The minimum atomic E-state index is -0.0569. The van der Waals surface area contributed by atoms with Crippen LogP contribution in [0.3, 0.4) is 0 Å². The zero-order chi connectivity index (χ0) is 20.5. The number of nitrogens with one attached hydrogen (secondary N) is 1. The Kier molecular flexibility index (Phi) is 4.94. The highest BCUT2D eigenvalue weighted by Gasteiger charge is 2.27. The molecule has 2 aliphatic heterocycles. The quantitative estimate of drug-likeness (QED) is 0.872. The van der Waals surface area contributed by atoms with Crippen molar-refractivity contribution >= 4 is 23.1 Å². The number of rotatable bonds is 3. The molecule has 2 aromatic carbocycles. The van der Waals surface area contributed by atoms with Gasteiger partial charge in [-0.05, 0) is 65.3 Å². The lowest BCUT2D eigenvalue weighted by atomic mass is 9.83. The van der Waals surface area contributed by atoms with Crippen molar-refractivity contribution in [3.05, 3.63) is 70.4 Å². The van der Waals surface area contributed by atoms with E-state index in [9.17, 15) is 9.59 Å². The van der Waals surface area contributed by atoms with Crippen molar-refractivity contribution in [3.63, 3.8) is 0 Å². The molecule has 0 spiro atoms. The Bertz CT molecular complexity index is 1060. The van der Waals surface area contributed by atoms with Crippen LogP contribution in [0.5, 0.6) is 0 Å². The molecular formula is C24H23N3O2. The number of nitrogens with zero attached hydrogens (tertiary/aromatic N) is 2. The van der Waals surface area contributed by atoms with E-state index in [-0.39, 0.29) is 17.7 Å². The molecule has 0 radical (unpaired) electrons. The molecule has 29 heavy (non-hydrogen) atoms. The number of carbonyl (C=O) groups is 2. The van der Waals surface area contributed by atoms with Crippen molar-refractivity contribution in [1.82, 2.24) is 4.90 Å². The largest absolute Gasteiger partial charge is 0.326 e. The van der Waals surface area contributed by atoms with Crippen LogP contribution in [0.2, 0.25) is 0 Å². The van der Waals surface area contributed by atoms with E-state index in [4.69, 9.17) is 5.26 Å². The second-order valence-electron chi connectivity index (χ2n) is 7.86. The number of fused-ring (bicyclic) bond motifs is 1. The van der Waals surface area contributed by atoms with Gasteiger partial charge in [-0.15, -0.1) is 0 Å². The van der Waals surface area contributed by atoms with Crippen LogP contribution >= 0.6 is 0 Å². The van der Waals surface area contributed by atoms with Gasteiger partial charge in [0.05, 0.1) is 11.6 Å². The molecule has 0 fully saturated rings. The van der Waals surface area contributed by atoms with Crippen molar-refractivity contribution in [2.75, 3.05) is 12.4 Å². The van der Waals surface area contributed by atoms with E-state index in [0.717, 1.165) is 22.4 Å². The molecular weight excluding hydrogens is 362 g/mol. The molecule has 2 heterocycles. The van der Waals surface area contributed by atoms with Gasteiger partial charge in [-0.1, -0.05) is 25.1 Å². The zero-order valence-electron chi connectivity index (χ0n) is 16.7. The van der Waals surface area contributed by atoms with Gasteiger partial charge in [0.25, 0.3) is 0 Å². The van der Waals surface area contributed by atoms with E-state index < -0.39 is 0 Å². The van der Waals surface area contributed by atoms with Crippen LogP contribution in [0, 0.1) is 17.2 Å². The van der Waals surface area contributed by atoms with Gasteiger partial charge in [0, 0.05) is 31.3 Å². The lowest BCUT2D eigenvalue weighted by molar-refractivity contribution is -0.131. The van der Waals surface area contributed by atoms with E-state index in [2.05, 4.69) is 17.5 Å². The number of hydrogen-bond donors (Lipinski definition) is 1. The Balaban J connectivity index is 1.81. The first-order valence-electron chi connectivity index (χ1n) is 9.87. The monoisotopic (exact) mass is 385 g/mol. The fraction of sp³-hybridized carbons (Fsp3) is 0.292. The first-order valence-corrected chi connectivity index (χ1v) is 9.87. The van der Waals surface area contributed by atoms with Crippen LogP contribution in [0.1, 0.15) is 47.6 Å². The first-order chi connectivity index (χ1) is 14.0. The third kappa shape index (κ3) is 3.66. The van der Waals surface area contributed by atoms with Crippen LogP contribution in [0.25, 0.3) is 5.57 Å². The highest BCUT2D eigenvalue weighted by Crippen LogP contribution is 2.37. The molecule has 1 unspecified atom stereocenters. The fourth-order valence-electron chi connectivity index (χ4n) is 4.25. The average Bonchev–Trinajstić information content (AvgIpc) is 2.72. The molecule has 4 rings (SSSR count). The topological polar surface area (TPSA) is 73.2 Å². The molecule has 0 saturated heterocycles. The maximum Gasteiger partial charge on any atom is 0.229 e. The lowest BCUT2D eigenvalue weighted by Crippen LogP contribution is -2.31. The predicted octanol–water partition coefficient (Wildman–Crippen LogP) is 3.87. The second-order valence-corrected chi connectivity index (χ2v) is 7.86. The molecule has 0 aromatic heterocycles. The molecule has 2 aromatic rings. The van der Waals surface area contributed by atoms with E-state index in [0.29, 0.717) is 31.2 Å². The van der Waals surface area contributed by atoms with Gasteiger partial charge in [0.15, 0.2) is 0 Å². The Morgan fingerprint density at radius 3 is 2.59 bits per heavy atom. The zero-order valence-corrected chi connectivity index (χ0v) is 16.7. The normalized spacial score (nSPS) is 18.6. The molecule has 5 nitrogen and oxygen atoms in total. The summed E-state index contributed by atoms with van der Waals surface area (Å²) in [6, 6.07) is 13.8. The Morgan fingerprint density at radius 2 is 1.90 bits per heavy atom. The molecule has 0 bridgehead atoms. The molecule has 0 saturated carbocycles. The van der Waals surface area contributed by atoms with E-state index in [1.54, 1.807) is 11.9 Å². The summed E-state index contributed by atoms with van der Waals surface area (Å²) >= 11 is 0. The summed E-state index contributed by atoms with van der Waals surface area (Å²) < 4.78 is 0. The van der Waals surface area contributed by atoms with Crippen molar-refractivity contribution in [2.24, 2.45) is 5.92 Å². The van der Waals surface area contributed by atoms with Crippen molar-refractivity contribution in [1.29, 1.82) is 5.26 Å². The van der Waals surface area contributed by atoms with Crippen molar-refractivity contribution < 1.29 is 9.59 Å². The Morgan fingerprint density at radius 1 is 1.14 bits per heavy atom. The number of carbonyl (C=O) groups excluding carboxylic acids is 2. The van der Waals surface area contributed by atoms with Gasteiger partial charge >= 0.3 is 0 Å².